The van der Waals surface area contributed by atoms with E-state index in [0.29, 0.717) is 6.42 Å². The maximum absolute atomic E-state index is 11.3. The van der Waals surface area contributed by atoms with Gasteiger partial charge in [0.15, 0.2) is 0 Å². The number of hydrogen-bond donors (Lipinski definition) is 1. The largest absolute Gasteiger partial charge is 0.352 e. The lowest BCUT2D eigenvalue weighted by molar-refractivity contribution is -0.119. The van der Waals surface area contributed by atoms with Crippen molar-refractivity contribution in [3.05, 3.63) is 27.6 Å². The molecule has 1 amide bonds. The number of nitrogens with one attached hydrogen (secondary N) is 1. The SMILES string of the molecule is CC(Cl)c1nc2cc(I)ccc2n1CC1CCC(=O)N1. The monoisotopic (exact) mass is 403 g/mol. The van der Waals surface area contributed by atoms with E-state index < -0.39 is 0 Å². The predicted molar refractivity (Wildman–Crippen MR) is 87.9 cm³/mol. The summed E-state index contributed by atoms with van der Waals surface area (Å²) in [5.41, 5.74) is 2.04. The third-order valence-electron chi connectivity index (χ3n) is 3.58. The summed E-state index contributed by atoms with van der Waals surface area (Å²) in [6, 6.07) is 6.37. The van der Waals surface area contributed by atoms with Gasteiger partial charge in [0, 0.05) is 22.6 Å². The lowest BCUT2D eigenvalue weighted by Crippen LogP contribution is -2.30. The second kappa shape index (κ2) is 5.52. The minimum Gasteiger partial charge on any atom is -0.352 e. The van der Waals surface area contributed by atoms with Gasteiger partial charge in [-0.25, -0.2) is 4.98 Å². The summed E-state index contributed by atoms with van der Waals surface area (Å²) in [7, 11) is 0. The molecule has 1 aromatic heterocycles. The molecule has 0 aliphatic carbocycles. The highest BCUT2D eigenvalue weighted by molar-refractivity contribution is 14.1. The Morgan fingerprint density at radius 2 is 2.40 bits per heavy atom. The summed E-state index contributed by atoms with van der Waals surface area (Å²) in [6.07, 6.45) is 1.49. The zero-order chi connectivity index (χ0) is 14.3. The van der Waals surface area contributed by atoms with Gasteiger partial charge in [-0.05, 0) is 54.1 Å². The molecular formula is C14H15ClIN3O. The summed E-state index contributed by atoms with van der Waals surface area (Å²) >= 11 is 8.54. The number of hydrogen-bond acceptors (Lipinski definition) is 2. The van der Waals surface area contributed by atoms with E-state index in [9.17, 15) is 4.79 Å². The molecule has 2 unspecified atom stereocenters. The number of rotatable bonds is 3. The van der Waals surface area contributed by atoms with E-state index in [4.69, 9.17) is 11.6 Å². The molecule has 1 aromatic carbocycles. The van der Waals surface area contributed by atoms with Crippen LogP contribution in [0.5, 0.6) is 0 Å². The zero-order valence-electron chi connectivity index (χ0n) is 11.1. The highest BCUT2D eigenvalue weighted by atomic mass is 127. The Labute approximate surface area is 136 Å². The summed E-state index contributed by atoms with van der Waals surface area (Å²) in [5, 5.41) is 2.85. The molecule has 1 saturated heterocycles. The number of carbonyl (C=O) groups excluding carboxylic acids is 1. The molecule has 1 N–H and O–H groups in total. The number of nitrogens with zero attached hydrogens (tertiary/aromatic N) is 2. The molecule has 2 atom stereocenters. The van der Waals surface area contributed by atoms with Gasteiger partial charge >= 0.3 is 0 Å². The molecule has 0 bridgehead atoms. The number of fused-ring (bicyclic) bond motifs is 1. The Bertz CT molecular complexity index is 668. The second-order valence-corrected chi connectivity index (χ2v) is 7.03. The third kappa shape index (κ3) is 2.65. The summed E-state index contributed by atoms with van der Waals surface area (Å²) in [4.78, 5) is 16.0. The standard InChI is InChI=1S/C14H15ClIN3O/c1-8(15)14-18-11-6-9(16)2-4-12(11)19(14)7-10-3-5-13(20)17-10/h2,4,6,8,10H,3,5,7H2,1H3,(H,17,20). The summed E-state index contributed by atoms with van der Waals surface area (Å²) < 4.78 is 3.29. The predicted octanol–water partition coefficient (Wildman–Crippen LogP) is 3.22. The molecule has 3 rings (SSSR count). The van der Waals surface area contributed by atoms with Gasteiger partial charge < -0.3 is 9.88 Å². The van der Waals surface area contributed by atoms with Crippen LogP contribution in [0.15, 0.2) is 18.2 Å². The molecule has 20 heavy (non-hydrogen) atoms. The van der Waals surface area contributed by atoms with Crippen LogP contribution in [0.2, 0.25) is 0 Å². The summed E-state index contributed by atoms with van der Waals surface area (Å²) in [6.45, 7) is 2.66. The fourth-order valence-corrected chi connectivity index (χ4v) is 3.29. The highest BCUT2D eigenvalue weighted by Crippen LogP contribution is 2.26. The van der Waals surface area contributed by atoms with Crippen molar-refractivity contribution in [1.29, 1.82) is 0 Å². The second-order valence-electron chi connectivity index (χ2n) is 5.13. The molecule has 6 heteroatoms. The molecule has 0 radical (unpaired) electrons. The third-order valence-corrected chi connectivity index (χ3v) is 4.45. The van der Waals surface area contributed by atoms with Crippen molar-refractivity contribution < 1.29 is 4.79 Å². The Kier molecular flexibility index (Phi) is 3.90. The molecular weight excluding hydrogens is 389 g/mol. The normalized spacial score (nSPS) is 20.4. The van der Waals surface area contributed by atoms with E-state index in [1.807, 2.05) is 6.92 Å². The van der Waals surface area contributed by atoms with Crippen LogP contribution in [0.4, 0.5) is 0 Å². The first-order valence-corrected chi connectivity index (χ1v) is 8.15. The fourth-order valence-electron chi connectivity index (χ4n) is 2.65. The van der Waals surface area contributed by atoms with Crippen LogP contribution in [0, 0.1) is 3.57 Å². The number of halogens is 2. The van der Waals surface area contributed by atoms with Crippen molar-refractivity contribution in [2.75, 3.05) is 0 Å². The van der Waals surface area contributed by atoms with Crippen molar-refractivity contribution in [2.24, 2.45) is 0 Å². The number of amides is 1. The Morgan fingerprint density at radius 3 is 3.05 bits per heavy atom. The van der Waals surface area contributed by atoms with Crippen molar-refractivity contribution in [3.8, 4) is 0 Å². The van der Waals surface area contributed by atoms with Crippen LogP contribution in [0.3, 0.4) is 0 Å². The molecule has 0 saturated carbocycles. The van der Waals surface area contributed by atoms with Gasteiger partial charge in [-0.1, -0.05) is 0 Å². The first-order chi connectivity index (χ1) is 9.54. The lowest BCUT2D eigenvalue weighted by atomic mass is 10.2. The fraction of sp³-hybridized carbons (Fsp3) is 0.429. The number of alkyl halides is 1. The topological polar surface area (TPSA) is 46.9 Å². The minimum atomic E-state index is -0.155. The van der Waals surface area contributed by atoms with E-state index in [1.165, 1.54) is 0 Å². The van der Waals surface area contributed by atoms with E-state index in [-0.39, 0.29) is 17.3 Å². The van der Waals surface area contributed by atoms with Crippen molar-refractivity contribution in [3.63, 3.8) is 0 Å². The van der Waals surface area contributed by atoms with Crippen LogP contribution < -0.4 is 5.32 Å². The van der Waals surface area contributed by atoms with Gasteiger partial charge in [0.25, 0.3) is 0 Å². The summed E-state index contributed by atoms with van der Waals surface area (Å²) in [5.74, 6) is 0.999. The quantitative estimate of drug-likeness (QED) is 0.632. The number of aromatic nitrogens is 2. The van der Waals surface area contributed by atoms with Crippen LogP contribution in [-0.2, 0) is 11.3 Å². The minimum absolute atomic E-state index is 0.134. The molecule has 106 valence electrons. The Balaban J connectivity index is 2.02. The van der Waals surface area contributed by atoms with Crippen molar-refractivity contribution in [2.45, 2.75) is 37.7 Å². The molecule has 1 aliphatic heterocycles. The molecule has 4 nitrogen and oxygen atoms in total. The average molecular weight is 404 g/mol. The van der Waals surface area contributed by atoms with E-state index in [1.54, 1.807) is 0 Å². The molecule has 1 aliphatic rings. The zero-order valence-corrected chi connectivity index (χ0v) is 14.0. The molecule has 1 fully saturated rings. The molecule has 2 heterocycles. The van der Waals surface area contributed by atoms with Gasteiger partial charge in [-0.2, -0.15) is 0 Å². The lowest BCUT2D eigenvalue weighted by Gasteiger charge is -2.15. The van der Waals surface area contributed by atoms with Gasteiger partial charge in [-0.15, -0.1) is 11.6 Å². The molecule has 2 aromatic rings. The number of benzene rings is 1. The Morgan fingerprint density at radius 1 is 1.60 bits per heavy atom. The van der Waals surface area contributed by atoms with Crippen LogP contribution in [0.1, 0.15) is 31.0 Å². The smallest absolute Gasteiger partial charge is 0.220 e. The first-order valence-electron chi connectivity index (χ1n) is 6.63. The van der Waals surface area contributed by atoms with E-state index >= 15 is 0 Å². The first kappa shape index (κ1) is 14.1. The van der Waals surface area contributed by atoms with Gasteiger partial charge in [0.2, 0.25) is 5.91 Å². The number of imidazole rings is 1. The highest BCUT2D eigenvalue weighted by Gasteiger charge is 2.24. The average Bonchev–Trinajstić information content (AvgIpc) is 2.94. The van der Waals surface area contributed by atoms with E-state index in [2.05, 4.69) is 55.7 Å². The van der Waals surface area contributed by atoms with Crippen LogP contribution in [0.25, 0.3) is 11.0 Å². The van der Waals surface area contributed by atoms with E-state index in [0.717, 1.165) is 33.4 Å². The van der Waals surface area contributed by atoms with Crippen LogP contribution >= 0.6 is 34.2 Å². The Hall–Kier alpha value is -0.820. The number of carbonyl (C=O) groups is 1. The van der Waals surface area contributed by atoms with Gasteiger partial charge in [-0.3, -0.25) is 4.79 Å². The van der Waals surface area contributed by atoms with Crippen molar-refractivity contribution >= 4 is 51.1 Å². The van der Waals surface area contributed by atoms with Crippen LogP contribution in [-0.4, -0.2) is 21.5 Å². The van der Waals surface area contributed by atoms with Crippen molar-refractivity contribution in [1.82, 2.24) is 14.9 Å². The van der Waals surface area contributed by atoms with Gasteiger partial charge in [0.1, 0.15) is 5.82 Å². The maximum atomic E-state index is 11.3. The molecule has 0 spiro atoms. The van der Waals surface area contributed by atoms with Gasteiger partial charge in [0.05, 0.1) is 16.4 Å². The maximum Gasteiger partial charge on any atom is 0.220 e.